The highest BCUT2D eigenvalue weighted by atomic mass is 32.1. The molecule has 0 spiro atoms. The number of anilines is 1. The van der Waals surface area contributed by atoms with Crippen molar-refractivity contribution in [1.82, 2.24) is 0 Å². The minimum Gasteiger partial charge on any atom is -0.497 e. The maximum atomic E-state index is 5.51. The van der Waals surface area contributed by atoms with E-state index in [9.17, 15) is 0 Å². The van der Waals surface area contributed by atoms with Gasteiger partial charge in [-0.1, -0.05) is 0 Å². The van der Waals surface area contributed by atoms with Gasteiger partial charge >= 0.3 is 0 Å². The van der Waals surface area contributed by atoms with Crippen LogP contribution < -0.4 is 10.5 Å². The van der Waals surface area contributed by atoms with E-state index in [-0.39, 0.29) is 0 Å². The van der Waals surface area contributed by atoms with Crippen molar-refractivity contribution in [3.05, 3.63) is 18.2 Å². The van der Waals surface area contributed by atoms with Crippen molar-refractivity contribution in [2.24, 2.45) is 0 Å². The Balaban J connectivity index is 3.06. The first kappa shape index (κ1) is 7.28. The number of hydrogen-bond donors (Lipinski definition) is 2. The number of benzene rings is 1. The Morgan fingerprint density at radius 1 is 1.40 bits per heavy atom. The quantitative estimate of drug-likeness (QED) is 0.477. The van der Waals surface area contributed by atoms with Crippen LogP contribution in [-0.2, 0) is 0 Å². The van der Waals surface area contributed by atoms with E-state index < -0.39 is 0 Å². The van der Waals surface area contributed by atoms with Crippen molar-refractivity contribution < 1.29 is 4.74 Å². The van der Waals surface area contributed by atoms with Crippen LogP contribution in [-0.4, -0.2) is 7.11 Å². The molecule has 1 aromatic rings. The summed E-state index contributed by atoms with van der Waals surface area (Å²) in [7, 11) is 1.60. The van der Waals surface area contributed by atoms with Gasteiger partial charge in [0.2, 0.25) is 0 Å². The van der Waals surface area contributed by atoms with Crippen molar-refractivity contribution in [3.8, 4) is 5.75 Å². The third kappa shape index (κ3) is 1.57. The van der Waals surface area contributed by atoms with Crippen molar-refractivity contribution in [2.75, 3.05) is 12.8 Å². The largest absolute Gasteiger partial charge is 0.497 e. The van der Waals surface area contributed by atoms with Gasteiger partial charge in [-0.25, -0.2) is 0 Å². The van der Waals surface area contributed by atoms with Crippen LogP contribution in [0.4, 0.5) is 5.69 Å². The molecule has 3 heteroatoms. The lowest BCUT2D eigenvalue weighted by molar-refractivity contribution is 0.414. The molecule has 0 aliphatic rings. The summed E-state index contributed by atoms with van der Waals surface area (Å²) in [6.07, 6.45) is 0. The van der Waals surface area contributed by atoms with E-state index in [1.807, 2.05) is 0 Å². The number of hydrogen-bond acceptors (Lipinski definition) is 3. The fourth-order valence-electron chi connectivity index (χ4n) is 0.724. The number of rotatable bonds is 1. The molecule has 2 nitrogen and oxygen atoms in total. The minimum absolute atomic E-state index is 0.671. The van der Waals surface area contributed by atoms with Crippen LogP contribution in [0.2, 0.25) is 0 Å². The zero-order chi connectivity index (χ0) is 7.56. The summed E-state index contributed by atoms with van der Waals surface area (Å²) in [6.45, 7) is 0. The molecule has 0 bridgehead atoms. The number of nitrogen functional groups attached to an aromatic ring is 1. The van der Waals surface area contributed by atoms with E-state index >= 15 is 0 Å². The van der Waals surface area contributed by atoms with Gasteiger partial charge in [0, 0.05) is 16.6 Å². The molecule has 0 fully saturated rings. The van der Waals surface area contributed by atoms with Crippen LogP contribution in [0.3, 0.4) is 0 Å². The Morgan fingerprint density at radius 2 is 2.10 bits per heavy atom. The normalized spacial score (nSPS) is 9.40. The maximum absolute atomic E-state index is 5.51. The highest BCUT2D eigenvalue weighted by molar-refractivity contribution is 7.80. The van der Waals surface area contributed by atoms with Crippen molar-refractivity contribution in [2.45, 2.75) is 4.90 Å². The van der Waals surface area contributed by atoms with Gasteiger partial charge in [0.25, 0.3) is 0 Å². The molecule has 0 saturated carbocycles. The van der Waals surface area contributed by atoms with E-state index in [1.165, 1.54) is 0 Å². The standard InChI is InChI=1S/C7H9NOS/c1-9-6-2-5(8)3-7(10)4-6/h2-4,10H,8H2,1H3. The first-order valence-electron chi connectivity index (χ1n) is 2.86. The maximum Gasteiger partial charge on any atom is 0.122 e. The molecule has 0 heterocycles. The fraction of sp³-hybridized carbons (Fsp3) is 0.143. The molecule has 0 aliphatic heterocycles. The predicted molar refractivity (Wildman–Crippen MR) is 44.7 cm³/mol. The van der Waals surface area contributed by atoms with Gasteiger partial charge in [-0.05, 0) is 12.1 Å². The summed E-state index contributed by atoms with van der Waals surface area (Å²) in [6, 6.07) is 5.32. The Kier molecular flexibility index (Phi) is 2.06. The molecule has 2 N–H and O–H groups in total. The Hall–Kier alpha value is -0.830. The van der Waals surface area contributed by atoms with Gasteiger partial charge in [0.05, 0.1) is 7.11 Å². The van der Waals surface area contributed by atoms with Gasteiger partial charge in [0.1, 0.15) is 5.75 Å². The molecule has 0 aliphatic carbocycles. The summed E-state index contributed by atoms with van der Waals surface area (Å²) in [5, 5.41) is 0. The smallest absolute Gasteiger partial charge is 0.122 e. The summed E-state index contributed by atoms with van der Waals surface area (Å²) in [4.78, 5) is 0.817. The summed E-state index contributed by atoms with van der Waals surface area (Å²) >= 11 is 4.12. The lowest BCUT2D eigenvalue weighted by Crippen LogP contribution is -1.87. The zero-order valence-electron chi connectivity index (χ0n) is 5.66. The van der Waals surface area contributed by atoms with Gasteiger partial charge < -0.3 is 10.5 Å². The second kappa shape index (κ2) is 2.84. The van der Waals surface area contributed by atoms with E-state index in [0.29, 0.717) is 5.69 Å². The molecule has 10 heavy (non-hydrogen) atoms. The van der Waals surface area contributed by atoms with Crippen LogP contribution in [0.1, 0.15) is 0 Å². The average Bonchev–Trinajstić information content (AvgIpc) is 1.85. The molecule has 0 saturated heterocycles. The Labute approximate surface area is 65.4 Å². The zero-order valence-corrected chi connectivity index (χ0v) is 6.56. The van der Waals surface area contributed by atoms with Crippen molar-refractivity contribution in [1.29, 1.82) is 0 Å². The second-order valence-corrected chi connectivity index (χ2v) is 2.48. The molecule has 0 aromatic heterocycles. The van der Waals surface area contributed by atoms with Crippen LogP contribution in [0, 0.1) is 0 Å². The molecule has 1 rings (SSSR count). The number of ether oxygens (including phenoxy) is 1. The molecule has 0 radical (unpaired) electrons. The van der Waals surface area contributed by atoms with Crippen molar-refractivity contribution in [3.63, 3.8) is 0 Å². The van der Waals surface area contributed by atoms with Gasteiger partial charge in [-0.15, -0.1) is 12.6 Å². The number of thiol groups is 1. The van der Waals surface area contributed by atoms with Crippen LogP contribution >= 0.6 is 12.6 Å². The lowest BCUT2D eigenvalue weighted by Gasteiger charge is -2.01. The van der Waals surface area contributed by atoms with E-state index in [4.69, 9.17) is 10.5 Å². The molecule has 0 amide bonds. The monoisotopic (exact) mass is 155 g/mol. The van der Waals surface area contributed by atoms with E-state index in [2.05, 4.69) is 12.6 Å². The Bertz CT molecular complexity index is 217. The SMILES string of the molecule is COc1cc(N)cc(S)c1. The average molecular weight is 155 g/mol. The van der Waals surface area contributed by atoms with E-state index in [0.717, 1.165) is 10.6 Å². The number of methoxy groups -OCH3 is 1. The minimum atomic E-state index is 0.671. The predicted octanol–water partition coefficient (Wildman–Crippen LogP) is 1.57. The summed E-state index contributed by atoms with van der Waals surface area (Å²) in [5.74, 6) is 0.741. The van der Waals surface area contributed by atoms with Gasteiger partial charge in [-0.3, -0.25) is 0 Å². The number of nitrogens with two attached hydrogens (primary N) is 1. The molecule has 54 valence electrons. The highest BCUT2D eigenvalue weighted by Crippen LogP contribution is 2.20. The van der Waals surface area contributed by atoms with Gasteiger partial charge in [-0.2, -0.15) is 0 Å². The summed E-state index contributed by atoms with van der Waals surface area (Å²) < 4.78 is 4.95. The molecular formula is C7H9NOS. The highest BCUT2D eigenvalue weighted by Gasteiger charge is 1.93. The van der Waals surface area contributed by atoms with Gasteiger partial charge in [0.15, 0.2) is 0 Å². The lowest BCUT2D eigenvalue weighted by atomic mass is 10.3. The third-order valence-electron chi connectivity index (χ3n) is 1.15. The molecular weight excluding hydrogens is 146 g/mol. The first-order chi connectivity index (χ1) is 4.72. The van der Waals surface area contributed by atoms with Crippen LogP contribution in [0.5, 0.6) is 5.75 Å². The topological polar surface area (TPSA) is 35.2 Å². The third-order valence-corrected chi connectivity index (χ3v) is 1.41. The second-order valence-electron chi connectivity index (χ2n) is 1.96. The van der Waals surface area contributed by atoms with Crippen LogP contribution in [0.15, 0.2) is 23.1 Å². The van der Waals surface area contributed by atoms with Crippen LogP contribution in [0.25, 0.3) is 0 Å². The first-order valence-corrected chi connectivity index (χ1v) is 3.30. The molecule has 0 atom stereocenters. The summed E-state index contributed by atoms with van der Waals surface area (Å²) in [5.41, 5.74) is 6.18. The molecule has 1 aromatic carbocycles. The fourth-order valence-corrected chi connectivity index (χ4v) is 1.000. The Morgan fingerprint density at radius 3 is 2.60 bits per heavy atom. The van der Waals surface area contributed by atoms with E-state index in [1.54, 1.807) is 25.3 Å². The van der Waals surface area contributed by atoms with Crippen molar-refractivity contribution >= 4 is 18.3 Å². The molecule has 0 unspecified atom stereocenters.